The second kappa shape index (κ2) is 3.40. The van der Waals surface area contributed by atoms with Crippen molar-refractivity contribution in [2.45, 2.75) is 13.0 Å². The number of aliphatic hydroxyl groups excluding tert-OH is 1. The van der Waals surface area contributed by atoms with Gasteiger partial charge in [-0.3, -0.25) is 4.79 Å². The molecule has 1 aliphatic rings. The van der Waals surface area contributed by atoms with E-state index in [1.54, 1.807) is 13.0 Å². The van der Waals surface area contributed by atoms with Crippen LogP contribution in [0.25, 0.3) is 0 Å². The van der Waals surface area contributed by atoms with Gasteiger partial charge in [0, 0.05) is 16.7 Å². The third kappa shape index (κ3) is 1.37. The molecule has 5 heteroatoms. The first-order valence-corrected chi connectivity index (χ1v) is 4.80. The van der Waals surface area contributed by atoms with Crippen molar-refractivity contribution >= 4 is 23.2 Å². The molecule has 1 heterocycles. The first-order chi connectivity index (χ1) is 7.06. The number of benzene rings is 1. The molecule has 1 aromatic carbocycles. The van der Waals surface area contributed by atoms with Gasteiger partial charge in [-0.2, -0.15) is 0 Å². The van der Waals surface area contributed by atoms with Crippen molar-refractivity contribution in [2.75, 3.05) is 12.4 Å². The lowest BCUT2D eigenvalue weighted by molar-refractivity contribution is -0.123. The molecule has 0 aliphatic carbocycles. The van der Waals surface area contributed by atoms with Gasteiger partial charge in [-0.25, -0.2) is 0 Å². The van der Waals surface area contributed by atoms with Crippen molar-refractivity contribution in [3.8, 4) is 5.75 Å². The van der Waals surface area contributed by atoms with Crippen LogP contribution in [0.4, 0.5) is 5.69 Å². The lowest BCUT2D eigenvalue weighted by Gasteiger charge is -2.11. The molecule has 0 bridgehead atoms. The van der Waals surface area contributed by atoms with Crippen molar-refractivity contribution in [1.29, 1.82) is 0 Å². The molecular weight excluding hydrogens is 218 g/mol. The quantitative estimate of drug-likeness (QED) is 0.767. The number of rotatable bonds is 1. The van der Waals surface area contributed by atoms with Crippen LogP contribution < -0.4 is 10.1 Å². The number of halogens is 1. The highest BCUT2D eigenvalue weighted by Gasteiger charge is 2.33. The second-order valence-electron chi connectivity index (χ2n) is 3.37. The number of amides is 1. The largest absolute Gasteiger partial charge is 0.495 e. The monoisotopic (exact) mass is 227 g/mol. The summed E-state index contributed by atoms with van der Waals surface area (Å²) < 4.78 is 5.08. The van der Waals surface area contributed by atoms with Crippen LogP contribution in [0, 0.1) is 6.92 Å². The van der Waals surface area contributed by atoms with Crippen LogP contribution in [0.2, 0.25) is 5.02 Å². The van der Waals surface area contributed by atoms with Crippen molar-refractivity contribution in [3.05, 3.63) is 22.2 Å². The molecule has 1 aliphatic heterocycles. The predicted molar refractivity (Wildman–Crippen MR) is 56.3 cm³/mol. The molecule has 15 heavy (non-hydrogen) atoms. The number of hydrogen-bond donors (Lipinski definition) is 2. The first kappa shape index (κ1) is 10.3. The Morgan fingerprint density at radius 3 is 2.87 bits per heavy atom. The normalized spacial score (nSPS) is 18.7. The zero-order valence-electron chi connectivity index (χ0n) is 8.30. The summed E-state index contributed by atoms with van der Waals surface area (Å²) in [6.45, 7) is 1.75. The Morgan fingerprint density at radius 2 is 2.27 bits per heavy atom. The van der Waals surface area contributed by atoms with Gasteiger partial charge < -0.3 is 15.2 Å². The van der Waals surface area contributed by atoms with Crippen LogP contribution in [0.5, 0.6) is 5.75 Å². The minimum Gasteiger partial charge on any atom is -0.495 e. The average Bonchev–Trinajstić information content (AvgIpc) is 2.50. The van der Waals surface area contributed by atoms with E-state index >= 15 is 0 Å². The summed E-state index contributed by atoms with van der Waals surface area (Å²) in [5, 5.41) is 12.7. The van der Waals surface area contributed by atoms with Crippen molar-refractivity contribution in [2.24, 2.45) is 0 Å². The molecule has 1 amide bonds. The van der Waals surface area contributed by atoms with Crippen LogP contribution in [-0.2, 0) is 4.79 Å². The summed E-state index contributed by atoms with van der Waals surface area (Å²) in [6, 6.07) is 1.62. The van der Waals surface area contributed by atoms with E-state index in [0.717, 1.165) is 0 Å². The molecule has 0 fully saturated rings. The van der Waals surface area contributed by atoms with E-state index < -0.39 is 12.0 Å². The number of anilines is 1. The van der Waals surface area contributed by atoms with Crippen LogP contribution >= 0.6 is 11.6 Å². The van der Waals surface area contributed by atoms with Gasteiger partial charge in [0.2, 0.25) is 0 Å². The SMILES string of the molecule is COc1cc(Cl)c(C)c2c1NC(=O)C2O. The predicted octanol–water partition coefficient (Wildman–Crippen LogP) is 1.64. The van der Waals surface area contributed by atoms with Crippen molar-refractivity contribution < 1.29 is 14.6 Å². The maximum atomic E-state index is 11.3. The highest BCUT2D eigenvalue weighted by atomic mass is 35.5. The standard InChI is InChI=1S/C10H10ClNO3/c1-4-5(11)3-6(15-2)8-7(4)9(13)10(14)12-8/h3,9,13H,1-2H3,(H,12,14). The third-order valence-corrected chi connectivity index (χ3v) is 2.92. The van der Waals surface area contributed by atoms with Crippen molar-refractivity contribution in [1.82, 2.24) is 0 Å². The van der Waals surface area contributed by atoms with Gasteiger partial charge in [0.05, 0.1) is 12.8 Å². The highest BCUT2D eigenvalue weighted by molar-refractivity contribution is 6.32. The number of carbonyl (C=O) groups is 1. The number of aliphatic hydroxyl groups is 1. The van der Waals surface area contributed by atoms with Gasteiger partial charge >= 0.3 is 0 Å². The van der Waals surface area contributed by atoms with E-state index in [2.05, 4.69) is 5.32 Å². The molecule has 2 rings (SSSR count). The van der Waals surface area contributed by atoms with Crippen LogP contribution in [0.15, 0.2) is 6.07 Å². The van der Waals surface area contributed by atoms with Crippen LogP contribution in [0.1, 0.15) is 17.2 Å². The maximum absolute atomic E-state index is 11.3. The van der Waals surface area contributed by atoms with Gasteiger partial charge in [-0.05, 0) is 12.5 Å². The number of nitrogens with one attached hydrogen (secondary N) is 1. The smallest absolute Gasteiger partial charge is 0.258 e. The van der Waals surface area contributed by atoms with Gasteiger partial charge in [-0.1, -0.05) is 11.6 Å². The number of carbonyl (C=O) groups excluding carboxylic acids is 1. The Morgan fingerprint density at radius 1 is 1.60 bits per heavy atom. The fourth-order valence-electron chi connectivity index (χ4n) is 1.70. The summed E-state index contributed by atoms with van der Waals surface area (Å²) in [5.74, 6) is 0.0131. The van der Waals surface area contributed by atoms with Gasteiger partial charge in [0.15, 0.2) is 6.10 Å². The van der Waals surface area contributed by atoms with Gasteiger partial charge in [0.25, 0.3) is 5.91 Å². The van der Waals surface area contributed by atoms with E-state index in [-0.39, 0.29) is 0 Å². The Bertz CT molecular complexity index is 445. The van der Waals surface area contributed by atoms with Gasteiger partial charge in [-0.15, -0.1) is 0 Å². The maximum Gasteiger partial charge on any atom is 0.258 e. The number of ether oxygens (including phenoxy) is 1. The molecule has 2 N–H and O–H groups in total. The molecule has 0 radical (unpaired) electrons. The third-order valence-electron chi connectivity index (χ3n) is 2.53. The first-order valence-electron chi connectivity index (χ1n) is 4.42. The minimum atomic E-state index is -1.16. The molecule has 80 valence electrons. The average molecular weight is 228 g/mol. The van der Waals surface area contributed by atoms with Crippen molar-refractivity contribution in [3.63, 3.8) is 0 Å². The molecule has 1 aromatic rings. The minimum absolute atomic E-state index is 0.450. The number of fused-ring (bicyclic) bond motifs is 1. The van der Waals surface area contributed by atoms with E-state index in [4.69, 9.17) is 16.3 Å². The topological polar surface area (TPSA) is 58.6 Å². The van der Waals surface area contributed by atoms with E-state index in [1.807, 2.05) is 0 Å². The molecule has 1 unspecified atom stereocenters. The fraction of sp³-hybridized carbons (Fsp3) is 0.300. The van der Waals surface area contributed by atoms with Crippen LogP contribution in [-0.4, -0.2) is 18.1 Å². The molecule has 0 saturated heterocycles. The van der Waals surface area contributed by atoms with E-state index in [0.29, 0.717) is 27.6 Å². The van der Waals surface area contributed by atoms with Gasteiger partial charge in [0.1, 0.15) is 5.75 Å². The molecule has 0 spiro atoms. The Balaban J connectivity index is 2.71. The van der Waals surface area contributed by atoms with Crippen LogP contribution in [0.3, 0.4) is 0 Å². The molecular formula is C10H10ClNO3. The second-order valence-corrected chi connectivity index (χ2v) is 3.77. The van der Waals surface area contributed by atoms with E-state index in [9.17, 15) is 9.90 Å². The Kier molecular flexibility index (Phi) is 2.32. The fourth-order valence-corrected chi connectivity index (χ4v) is 1.90. The highest BCUT2D eigenvalue weighted by Crippen LogP contribution is 2.43. The summed E-state index contributed by atoms with van der Waals surface area (Å²) in [4.78, 5) is 11.3. The number of hydrogen-bond acceptors (Lipinski definition) is 3. The summed E-state index contributed by atoms with van der Waals surface area (Å²) in [5.41, 5.74) is 1.71. The summed E-state index contributed by atoms with van der Waals surface area (Å²) >= 11 is 5.96. The molecule has 1 atom stereocenters. The van der Waals surface area contributed by atoms with E-state index in [1.165, 1.54) is 7.11 Å². The number of methoxy groups -OCH3 is 1. The molecule has 4 nitrogen and oxygen atoms in total. The lowest BCUT2D eigenvalue weighted by Crippen LogP contribution is -2.11. The lowest BCUT2D eigenvalue weighted by atomic mass is 10.0. The zero-order valence-corrected chi connectivity index (χ0v) is 9.05. The Hall–Kier alpha value is -1.26. The zero-order chi connectivity index (χ0) is 11.2. The summed E-state index contributed by atoms with van der Waals surface area (Å²) in [6.07, 6.45) is -1.16. The summed E-state index contributed by atoms with van der Waals surface area (Å²) in [7, 11) is 1.48. The molecule has 0 saturated carbocycles. The Labute approximate surface area is 91.8 Å². The molecule has 0 aromatic heterocycles.